The number of hydrogen-bond donors (Lipinski definition) is 0. The normalized spacial score (nSPS) is 14.5. The molecular formula is C63H40N2. The maximum Gasteiger partial charge on any atom is 0.0726 e. The summed E-state index contributed by atoms with van der Waals surface area (Å²) in [7, 11) is 0. The summed E-state index contributed by atoms with van der Waals surface area (Å²) in [4.78, 5) is 2.46. The number of fused-ring (bicyclic) bond motifs is 11. The molecule has 2 heteroatoms. The van der Waals surface area contributed by atoms with Crippen molar-refractivity contribution < 1.29 is 0 Å². The predicted octanol–water partition coefficient (Wildman–Crippen LogP) is 16.6. The smallest absolute Gasteiger partial charge is 0.0726 e. The van der Waals surface area contributed by atoms with Crippen LogP contribution in [-0.4, -0.2) is 4.57 Å². The molecule has 0 fully saturated rings. The van der Waals surface area contributed by atoms with Gasteiger partial charge in [-0.15, -0.1) is 0 Å². The molecule has 0 saturated carbocycles. The van der Waals surface area contributed by atoms with Gasteiger partial charge in [0.05, 0.1) is 16.4 Å². The van der Waals surface area contributed by atoms with Crippen LogP contribution >= 0.6 is 0 Å². The van der Waals surface area contributed by atoms with Crippen LogP contribution in [0.4, 0.5) is 17.1 Å². The number of para-hydroxylation sites is 3. The van der Waals surface area contributed by atoms with Crippen LogP contribution in [0.25, 0.3) is 82.4 Å². The molecule has 11 aromatic carbocycles. The number of aromatic nitrogens is 1. The zero-order chi connectivity index (χ0) is 42.6. The first-order chi connectivity index (χ1) is 32.3. The Morgan fingerprint density at radius 2 is 0.862 bits per heavy atom. The van der Waals surface area contributed by atoms with Crippen LogP contribution in [0.3, 0.4) is 0 Å². The summed E-state index contributed by atoms with van der Waals surface area (Å²) in [5.41, 5.74) is 19.0. The summed E-state index contributed by atoms with van der Waals surface area (Å²) in [6, 6.07) is 90.4. The van der Waals surface area contributed by atoms with Crippen molar-refractivity contribution in [3.63, 3.8) is 0 Å². The van der Waals surface area contributed by atoms with E-state index in [2.05, 4.69) is 252 Å². The molecule has 1 aromatic heterocycles. The molecule has 0 N–H and O–H groups in total. The van der Waals surface area contributed by atoms with Crippen molar-refractivity contribution in [2.75, 3.05) is 4.90 Å². The van der Waals surface area contributed by atoms with Crippen molar-refractivity contribution in [2.45, 2.75) is 5.41 Å². The van der Waals surface area contributed by atoms with Crippen molar-refractivity contribution in [1.29, 1.82) is 0 Å². The fourth-order valence-corrected chi connectivity index (χ4v) is 11.8. The zero-order valence-electron chi connectivity index (χ0n) is 35.5. The highest BCUT2D eigenvalue weighted by Gasteiger charge is 2.49. The maximum absolute atomic E-state index is 2.52. The third-order valence-electron chi connectivity index (χ3n) is 14.4. The molecule has 2 aliphatic carbocycles. The standard InChI is InChI=1S/C63H40N2/c1-4-17-41(18-5-1)47-37-38-54-48-25-10-12-29-55(48)63(57-31-16-28-52(47)62(54)57)56-30-15-20-42-19-14-27-53(61(42)56)49-35-33-45(39-58(49)63)64(43-21-6-2-7-22-43)46-34-36-51-50-26-11-13-32-59(50)65(60(51)40-46)44-23-8-3-9-24-44/h1-40H. The van der Waals surface area contributed by atoms with Gasteiger partial charge in [-0.2, -0.15) is 0 Å². The van der Waals surface area contributed by atoms with Crippen LogP contribution in [0.5, 0.6) is 0 Å². The molecule has 0 saturated heterocycles. The Morgan fingerprint density at radius 3 is 1.71 bits per heavy atom. The predicted molar refractivity (Wildman–Crippen MR) is 272 cm³/mol. The zero-order valence-corrected chi connectivity index (χ0v) is 35.5. The van der Waals surface area contributed by atoms with Crippen LogP contribution in [0, 0.1) is 0 Å². The van der Waals surface area contributed by atoms with Crippen molar-refractivity contribution in [2.24, 2.45) is 0 Å². The second-order valence-corrected chi connectivity index (χ2v) is 17.6. The van der Waals surface area contributed by atoms with Gasteiger partial charge in [-0.05, 0) is 132 Å². The average Bonchev–Trinajstić information content (AvgIpc) is 3.71. The summed E-state index contributed by atoms with van der Waals surface area (Å²) in [5, 5.41) is 7.65. The Hall–Kier alpha value is -8.46. The van der Waals surface area contributed by atoms with Crippen molar-refractivity contribution in [3.05, 3.63) is 265 Å². The molecule has 14 rings (SSSR count). The maximum atomic E-state index is 2.52. The fraction of sp³-hybridized carbons (Fsp3) is 0.0159. The number of hydrogen-bond acceptors (Lipinski definition) is 1. The average molecular weight is 825 g/mol. The Kier molecular flexibility index (Phi) is 7.64. The summed E-state index contributed by atoms with van der Waals surface area (Å²) < 4.78 is 2.41. The molecule has 1 spiro atoms. The van der Waals surface area contributed by atoms with Gasteiger partial charge >= 0.3 is 0 Å². The van der Waals surface area contributed by atoms with Crippen molar-refractivity contribution in [1.82, 2.24) is 4.57 Å². The molecule has 1 unspecified atom stereocenters. The summed E-state index contributed by atoms with van der Waals surface area (Å²) in [6.45, 7) is 0. The van der Waals surface area contributed by atoms with Crippen LogP contribution in [0.1, 0.15) is 22.3 Å². The Morgan fingerprint density at radius 1 is 0.308 bits per heavy atom. The lowest BCUT2D eigenvalue weighted by Crippen LogP contribution is -2.36. The van der Waals surface area contributed by atoms with E-state index >= 15 is 0 Å². The van der Waals surface area contributed by atoms with Gasteiger partial charge in [0.2, 0.25) is 0 Å². The third-order valence-corrected chi connectivity index (χ3v) is 14.4. The third kappa shape index (κ3) is 4.99. The van der Waals surface area contributed by atoms with E-state index in [9.17, 15) is 0 Å². The highest BCUT2D eigenvalue weighted by atomic mass is 15.1. The number of nitrogens with zero attached hydrogens (tertiary/aromatic N) is 2. The van der Waals surface area contributed by atoms with E-state index in [1.54, 1.807) is 0 Å². The van der Waals surface area contributed by atoms with E-state index in [4.69, 9.17) is 0 Å². The molecule has 0 aliphatic heterocycles. The first-order valence-corrected chi connectivity index (χ1v) is 22.6. The van der Waals surface area contributed by atoms with E-state index in [0.717, 1.165) is 22.7 Å². The Labute approximate surface area is 377 Å². The van der Waals surface area contributed by atoms with Crippen LogP contribution in [0.2, 0.25) is 0 Å². The van der Waals surface area contributed by atoms with E-state index in [1.807, 2.05) is 0 Å². The minimum atomic E-state index is -0.635. The minimum Gasteiger partial charge on any atom is -0.310 e. The SMILES string of the molecule is c1ccc(-c2ccc3c4c(cccc24)C2(c4cc(N(c5ccccc5)c5ccc6c7ccccc7n(-c7ccccc7)c6c5)ccc4-c4cccc5cccc2c45)c2ccccc2-3)cc1. The summed E-state index contributed by atoms with van der Waals surface area (Å²) in [6.07, 6.45) is 0. The van der Waals surface area contributed by atoms with Gasteiger partial charge in [0.1, 0.15) is 0 Å². The number of rotatable bonds is 5. The summed E-state index contributed by atoms with van der Waals surface area (Å²) in [5.74, 6) is 0. The van der Waals surface area contributed by atoms with E-state index < -0.39 is 5.41 Å². The Bertz CT molecular complexity index is 3880. The molecule has 0 radical (unpaired) electrons. The molecule has 0 amide bonds. The van der Waals surface area contributed by atoms with E-state index in [0.29, 0.717) is 0 Å². The number of anilines is 3. The molecule has 302 valence electrons. The van der Waals surface area contributed by atoms with Gasteiger partial charge in [0, 0.05) is 33.5 Å². The largest absolute Gasteiger partial charge is 0.310 e. The lowest BCUT2D eigenvalue weighted by atomic mass is 9.55. The van der Waals surface area contributed by atoms with Crippen molar-refractivity contribution >= 4 is 60.4 Å². The van der Waals surface area contributed by atoms with Gasteiger partial charge in [-0.25, -0.2) is 0 Å². The molecule has 65 heavy (non-hydrogen) atoms. The molecule has 1 heterocycles. The first-order valence-electron chi connectivity index (χ1n) is 22.6. The lowest BCUT2D eigenvalue weighted by molar-refractivity contribution is 0.754. The monoisotopic (exact) mass is 824 g/mol. The fourth-order valence-electron chi connectivity index (χ4n) is 11.8. The van der Waals surface area contributed by atoms with Gasteiger partial charge in [-0.1, -0.05) is 188 Å². The van der Waals surface area contributed by atoms with E-state index in [-0.39, 0.29) is 0 Å². The molecule has 12 aromatic rings. The van der Waals surface area contributed by atoms with Crippen LogP contribution in [-0.2, 0) is 5.41 Å². The Balaban J connectivity index is 1.09. The molecule has 2 aliphatic rings. The van der Waals surface area contributed by atoms with Crippen LogP contribution < -0.4 is 4.90 Å². The second kappa shape index (κ2) is 13.8. The highest BCUT2D eigenvalue weighted by Crippen LogP contribution is 2.62. The molecular weight excluding hydrogens is 785 g/mol. The quantitative estimate of drug-likeness (QED) is 0.168. The first kappa shape index (κ1) is 36.1. The van der Waals surface area contributed by atoms with Gasteiger partial charge in [0.25, 0.3) is 0 Å². The van der Waals surface area contributed by atoms with Gasteiger partial charge in [0.15, 0.2) is 0 Å². The van der Waals surface area contributed by atoms with Crippen LogP contribution in [0.15, 0.2) is 243 Å². The molecule has 0 bridgehead atoms. The molecule has 2 nitrogen and oxygen atoms in total. The van der Waals surface area contributed by atoms with E-state index in [1.165, 1.54) is 99.0 Å². The highest BCUT2D eigenvalue weighted by molar-refractivity contribution is 6.14. The number of benzene rings is 11. The lowest BCUT2D eigenvalue weighted by Gasteiger charge is -2.46. The van der Waals surface area contributed by atoms with Gasteiger partial charge in [-0.3, -0.25) is 0 Å². The summed E-state index contributed by atoms with van der Waals surface area (Å²) >= 11 is 0. The van der Waals surface area contributed by atoms with Gasteiger partial charge < -0.3 is 9.47 Å². The topological polar surface area (TPSA) is 8.17 Å². The van der Waals surface area contributed by atoms with Crippen molar-refractivity contribution in [3.8, 4) is 39.1 Å². The molecule has 1 atom stereocenters. The minimum absolute atomic E-state index is 0.635. The second-order valence-electron chi connectivity index (χ2n) is 17.6.